The molecule has 2 rings (SSSR count). The molecule has 1 aliphatic carbocycles. The number of hydrogen-bond acceptors (Lipinski definition) is 2. The van der Waals surface area contributed by atoms with Crippen LogP contribution in [0.3, 0.4) is 0 Å². The lowest BCUT2D eigenvalue weighted by molar-refractivity contribution is 0.187. The number of methoxy groups -OCH3 is 1. The van der Waals surface area contributed by atoms with Crippen LogP contribution in [0.4, 0.5) is 4.39 Å². The van der Waals surface area contributed by atoms with Gasteiger partial charge in [0.25, 0.3) is 0 Å². The van der Waals surface area contributed by atoms with Gasteiger partial charge in [-0.1, -0.05) is 19.1 Å². The number of ether oxygens (including phenoxy) is 1. The first kappa shape index (κ1) is 15.5. The highest BCUT2D eigenvalue weighted by Gasteiger charge is 2.35. The molecule has 1 aromatic rings. The van der Waals surface area contributed by atoms with Gasteiger partial charge < -0.3 is 10.1 Å². The lowest BCUT2D eigenvalue weighted by Crippen LogP contribution is -2.42. The zero-order valence-electron chi connectivity index (χ0n) is 12.6. The van der Waals surface area contributed by atoms with Gasteiger partial charge in [-0.2, -0.15) is 0 Å². The number of nitrogens with one attached hydrogen (secondary N) is 1. The van der Waals surface area contributed by atoms with Gasteiger partial charge >= 0.3 is 0 Å². The zero-order chi connectivity index (χ0) is 14.4. The van der Waals surface area contributed by atoms with E-state index in [0.29, 0.717) is 0 Å². The Morgan fingerprint density at radius 1 is 1.25 bits per heavy atom. The molecule has 2 nitrogen and oxygen atoms in total. The van der Waals surface area contributed by atoms with E-state index in [-0.39, 0.29) is 11.2 Å². The van der Waals surface area contributed by atoms with Gasteiger partial charge in [-0.3, -0.25) is 0 Å². The number of benzene rings is 1. The Morgan fingerprint density at radius 3 is 2.50 bits per heavy atom. The van der Waals surface area contributed by atoms with Crippen molar-refractivity contribution in [2.24, 2.45) is 5.92 Å². The Labute approximate surface area is 121 Å². The largest absolute Gasteiger partial charge is 0.383 e. The molecule has 0 amide bonds. The topological polar surface area (TPSA) is 21.3 Å². The monoisotopic (exact) mass is 279 g/mol. The molecule has 1 saturated carbocycles. The van der Waals surface area contributed by atoms with Gasteiger partial charge in [-0.05, 0) is 49.3 Å². The number of rotatable bonds is 6. The van der Waals surface area contributed by atoms with Crippen molar-refractivity contribution in [3.05, 3.63) is 35.6 Å². The fourth-order valence-electron chi connectivity index (χ4n) is 3.19. The van der Waals surface area contributed by atoms with Crippen molar-refractivity contribution in [3.8, 4) is 0 Å². The van der Waals surface area contributed by atoms with E-state index in [1.165, 1.54) is 31.2 Å². The molecule has 1 N–H and O–H groups in total. The molecule has 112 valence electrons. The van der Waals surface area contributed by atoms with Crippen molar-refractivity contribution in [1.82, 2.24) is 5.32 Å². The first-order chi connectivity index (χ1) is 9.66. The van der Waals surface area contributed by atoms with E-state index >= 15 is 0 Å². The average Bonchev–Trinajstić information content (AvgIpc) is 2.47. The second-order valence-electron chi connectivity index (χ2n) is 6.14. The SMILES string of the molecule is COCCNCC1(c2ccc(F)cc2)CCC(C)CC1. The Bertz CT molecular complexity index is 396. The third-order valence-electron chi connectivity index (χ3n) is 4.63. The van der Waals surface area contributed by atoms with Crippen LogP contribution in [0.15, 0.2) is 24.3 Å². The maximum atomic E-state index is 13.2. The maximum absolute atomic E-state index is 13.2. The lowest BCUT2D eigenvalue weighted by atomic mass is 9.67. The molecule has 0 heterocycles. The van der Waals surface area contributed by atoms with E-state index in [9.17, 15) is 4.39 Å². The summed E-state index contributed by atoms with van der Waals surface area (Å²) in [4.78, 5) is 0. The normalized spacial score (nSPS) is 26.6. The fourth-order valence-corrected chi connectivity index (χ4v) is 3.19. The summed E-state index contributed by atoms with van der Waals surface area (Å²) in [5.41, 5.74) is 1.43. The van der Waals surface area contributed by atoms with Gasteiger partial charge in [-0.15, -0.1) is 0 Å². The number of halogens is 1. The Balaban J connectivity index is 2.09. The summed E-state index contributed by atoms with van der Waals surface area (Å²) < 4.78 is 18.3. The van der Waals surface area contributed by atoms with Gasteiger partial charge in [0.15, 0.2) is 0 Å². The Kier molecular flexibility index (Phi) is 5.55. The van der Waals surface area contributed by atoms with Crippen LogP contribution in [-0.4, -0.2) is 26.8 Å². The molecule has 0 aliphatic heterocycles. The van der Waals surface area contributed by atoms with Gasteiger partial charge in [0, 0.05) is 25.6 Å². The van der Waals surface area contributed by atoms with Gasteiger partial charge in [0.05, 0.1) is 6.61 Å². The van der Waals surface area contributed by atoms with E-state index in [1.54, 1.807) is 19.2 Å². The molecule has 0 saturated heterocycles. The average molecular weight is 279 g/mol. The summed E-state index contributed by atoms with van der Waals surface area (Å²) >= 11 is 0. The van der Waals surface area contributed by atoms with Crippen LogP contribution in [0.2, 0.25) is 0 Å². The molecule has 0 aromatic heterocycles. The summed E-state index contributed by atoms with van der Waals surface area (Å²) in [6.07, 6.45) is 4.87. The first-order valence-corrected chi connectivity index (χ1v) is 7.62. The highest BCUT2D eigenvalue weighted by atomic mass is 19.1. The minimum Gasteiger partial charge on any atom is -0.383 e. The molecule has 0 radical (unpaired) electrons. The smallest absolute Gasteiger partial charge is 0.123 e. The van der Waals surface area contributed by atoms with E-state index in [1.807, 2.05) is 12.1 Å². The van der Waals surface area contributed by atoms with Crippen molar-refractivity contribution in [2.45, 2.75) is 38.0 Å². The van der Waals surface area contributed by atoms with E-state index in [4.69, 9.17) is 4.74 Å². The van der Waals surface area contributed by atoms with Gasteiger partial charge in [0.2, 0.25) is 0 Å². The maximum Gasteiger partial charge on any atom is 0.123 e. The summed E-state index contributed by atoms with van der Waals surface area (Å²) in [5, 5.41) is 3.51. The molecule has 0 atom stereocenters. The second kappa shape index (κ2) is 7.19. The van der Waals surface area contributed by atoms with Crippen molar-refractivity contribution in [1.29, 1.82) is 0 Å². The van der Waals surface area contributed by atoms with E-state index in [0.717, 1.165) is 25.6 Å². The summed E-state index contributed by atoms with van der Waals surface area (Å²) in [7, 11) is 1.72. The third kappa shape index (κ3) is 3.80. The van der Waals surface area contributed by atoms with Gasteiger partial charge in [0.1, 0.15) is 5.82 Å². The standard InChI is InChI=1S/C17H26FNO/c1-14-7-9-17(10-8-14,13-19-11-12-20-2)15-3-5-16(18)6-4-15/h3-6,14,19H,7-13H2,1-2H3. The fraction of sp³-hybridized carbons (Fsp3) is 0.647. The molecule has 0 bridgehead atoms. The Hall–Kier alpha value is -0.930. The molecule has 1 aromatic carbocycles. The minimum atomic E-state index is -0.152. The molecule has 20 heavy (non-hydrogen) atoms. The Morgan fingerprint density at radius 2 is 1.90 bits per heavy atom. The zero-order valence-corrected chi connectivity index (χ0v) is 12.6. The second-order valence-corrected chi connectivity index (χ2v) is 6.14. The van der Waals surface area contributed by atoms with Crippen LogP contribution >= 0.6 is 0 Å². The predicted molar refractivity (Wildman–Crippen MR) is 80.5 cm³/mol. The van der Waals surface area contributed by atoms with Gasteiger partial charge in [-0.25, -0.2) is 4.39 Å². The molecule has 0 spiro atoms. The van der Waals surface area contributed by atoms with Crippen molar-refractivity contribution in [2.75, 3.05) is 26.8 Å². The predicted octanol–water partition coefficient (Wildman–Crippen LogP) is 3.51. The van der Waals surface area contributed by atoms with Crippen molar-refractivity contribution >= 4 is 0 Å². The summed E-state index contributed by atoms with van der Waals surface area (Å²) in [6.45, 7) is 4.88. The molecular weight excluding hydrogens is 253 g/mol. The van der Waals surface area contributed by atoms with Crippen LogP contribution in [0, 0.1) is 11.7 Å². The van der Waals surface area contributed by atoms with Crippen LogP contribution in [-0.2, 0) is 10.2 Å². The lowest BCUT2D eigenvalue weighted by Gasteiger charge is -2.40. The number of hydrogen-bond donors (Lipinski definition) is 1. The van der Waals surface area contributed by atoms with Crippen molar-refractivity contribution < 1.29 is 9.13 Å². The van der Waals surface area contributed by atoms with Crippen molar-refractivity contribution in [3.63, 3.8) is 0 Å². The molecule has 3 heteroatoms. The van der Waals surface area contributed by atoms with Crippen LogP contribution in [0.5, 0.6) is 0 Å². The van der Waals surface area contributed by atoms with Crippen LogP contribution in [0.25, 0.3) is 0 Å². The van der Waals surface area contributed by atoms with Crippen LogP contribution < -0.4 is 5.32 Å². The third-order valence-corrected chi connectivity index (χ3v) is 4.63. The summed E-state index contributed by atoms with van der Waals surface area (Å²) in [6, 6.07) is 7.10. The molecule has 1 aliphatic rings. The first-order valence-electron chi connectivity index (χ1n) is 7.62. The van der Waals surface area contributed by atoms with E-state index in [2.05, 4.69) is 12.2 Å². The van der Waals surface area contributed by atoms with E-state index < -0.39 is 0 Å². The molecule has 1 fully saturated rings. The highest BCUT2D eigenvalue weighted by Crippen LogP contribution is 2.41. The van der Waals surface area contributed by atoms with Crippen LogP contribution in [0.1, 0.15) is 38.2 Å². The molecular formula is C17H26FNO. The molecule has 0 unspecified atom stereocenters. The minimum absolute atomic E-state index is 0.152. The quantitative estimate of drug-likeness (QED) is 0.805. The summed E-state index contributed by atoms with van der Waals surface area (Å²) in [5.74, 6) is 0.656. The highest BCUT2D eigenvalue weighted by molar-refractivity contribution is 5.27.